The number of anilines is 1. The Labute approximate surface area is 217 Å². The van der Waals surface area contributed by atoms with E-state index in [2.05, 4.69) is 10.3 Å². The van der Waals surface area contributed by atoms with Crippen molar-refractivity contribution in [2.24, 2.45) is 0 Å². The number of halogens is 3. The zero-order valence-corrected chi connectivity index (χ0v) is 20.2. The Morgan fingerprint density at radius 2 is 1.50 bits per heavy atom. The molecule has 0 aliphatic rings. The van der Waals surface area contributed by atoms with Gasteiger partial charge in [-0.2, -0.15) is 13.2 Å². The Morgan fingerprint density at radius 3 is 2.21 bits per heavy atom. The number of pyridine rings is 1. The minimum absolute atomic E-state index is 0.0323. The molecule has 2 N–H and O–H groups in total. The minimum atomic E-state index is -4.53. The number of rotatable bonds is 7. The standard InChI is InChI=1S/C31H23F3N2O2/c32-31(33,34)27-11-5-10-25-29(26(19-36-30(25)27)22-6-2-1-3-7-22)23-8-4-9-24(17-23)35-18-21-14-12-20(13-15-21)16-28(37)38/h1-15,17,19,35H,16,18H2,(H,37,38). The molecule has 1 heterocycles. The number of hydrogen-bond donors (Lipinski definition) is 2. The molecule has 5 aromatic rings. The number of aliphatic carboxylic acids is 1. The van der Waals surface area contributed by atoms with Crippen molar-refractivity contribution in [1.82, 2.24) is 4.98 Å². The third-order valence-electron chi connectivity index (χ3n) is 6.31. The highest BCUT2D eigenvalue weighted by atomic mass is 19.4. The summed E-state index contributed by atoms with van der Waals surface area (Å²) in [5, 5.41) is 12.7. The summed E-state index contributed by atoms with van der Waals surface area (Å²) in [7, 11) is 0. The second kappa shape index (κ2) is 10.4. The lowest BCUT2D eigenvalue weighted by atomic mass is 9.91. The molecule has 0 saturated heterocycles. The monoisotopic (exact) mass is 512 g/mol. The van der Waals surface area contributed by atoms with Crippen LogP contribution in [0.5, 0.6) is 0 Å². The summed E-state index contributed by atoms with van der Waals surface area (Å²) >= 11 is 0. The lowest BCUT2D eigenvalue weighted by molar-refractivity contribution is -0.137. The highest BCUT2D eigenvalue weighted by molar-refractivity contribution is 6.03. The Hall–Kier alpha value is -4.65. The molecule has 0 atom stereocenters. The molecule has 38 heavy (non-hydrogen) atoms. The van der Waals surface area contributed by atoms with Gasteiger partial charge in [0.2, 0.25) is 0 Å². The molecule has 0 fully saturated rings. The fraction of sp³-hybridized carbons (Fsp3) is 0.0968. The van der Waals surface area contributed by atoms with Gasteiger partial charge < -0.3 is 10.4 Å². The van der Waals surface area contributed by atoms with E-state index in [-0.39, 0.29) is 11.9 Å². The van der Waals surface area contributed by atoms with Crippen LogP contribution in [0.3, 0.4) is 0 Å². The molecule has 0 radical (unpaired) electrons. The highest BCUT2D eigenvalue weighted by Gasteiger charge is 2.33. The van der Waals surface area contributed by atoms with E-state index >= 15 is 0 Å². The number of carbonyl (C=O) groups is 1. The third-order valence-corrected chi connectivity index (χ3v) is 6.31. The summed E-state index contributed by atoms with van der Waals surface area (Å²) < 4.78 is 41.4. The number of para-hydroxylation sites is 1. The molecule has 4 aromatic carbocycles. The maximum atomic E-state index is 13.8. The van der Waals surface area contributed by atoms with Gasteiger partial charge in [-0.25, -0.2) is 0 Å². The van der Waals surface area contributed by atoms with E-state index in [4.69, 9.17) is 5.11 Å². The van der Waals surface area contributed by atoms with Crippen LogP contribution in [0.4, 0.5) is 18.9 Å². The number of alkyl halides is 3. The van der Waals surface area contributed by atoms with Gasteiger partial charge in [-0.15, -0.1) is 0 Å². The molecule has 0 unspecified atom stereocenters. The van der Waals surface area contributed by atoms with Crippen LogP contribution in [0, 0.1) is 0 Å². The lowest BCUT2D eigenvalue weighted by Gasteiger charge is -2.17. The first-order chi connectivity index (χ1) is 18.3. The van der Waals surface area contributed by atoms with Crippen LogP contribution >= 0.6 is 0 Å². The number of hydrogen-bond acceptors (Lipinski definition) is 3. The average Bonchev–Trinajstić information content (AvgIpc) is 2.91. The van der Waals surface area contributed by atoms with Crippen molar-refractivity contribution < 1.29 is 23.1 Å². The fourth-order valence-electron chi connectivity index (χ4n) is 4.54. The summed E-state index contributed by atoms with van der Waals surface area (Å²) in [6.07, 6.45) is -3.04. The highest BCUT2D eigenvalue weighted by Crippen LogP contribution is 2.41. The quantitative estimate of drug-likeness (QED) is 0.233. The van der Waals surface area contributed by atoms with Gasteiger partial charge in [0.25, 0.3) is 0 Å². The smallest absolute Gasteiger partial charge is 0.418 e. The Kier molecular flexibility index (Phi) is 6.83. The number of fused-ring (bicyclic) bond motifs is 1. The van der Waals surface area contributed by atoms with Crippen molar-refractivity contribution in [3.63, 3.8) is 0 Å². The number of carboxylic acid groups (broad SMARTS) is 1. The van der Waals surface area contributed by atoms with Gasteiger partial charge in [0.1, 0.15) is 0 Å². The zero-order chi connectivity index (χ0) is 26.7. The molecule has 1 aromatic heterocycles. The number of aromatic nitrogens is 1. The Bertz CT molecular complexity index is 1600. The largest absolute Gasteiger partial charge is 0.481 e. The molecule has 0 saturated carbocycles. The molecule has 0 amide bonds. The maximum Gasteiger partial charge on any atom is 0.418 e. The second-order valence-corrected chi connectivity index (χ2v) is 8.93. The molecule has 0 aliphatic carbocycles. The summed E-state index contributed by atoms with van der Waals surface area (Å²) in [6.45, 7) is 0.498. The molecule has 0 aliphatic heterocycles. The van der Waals surface area contributed by atoms with Crippen molar-refractivity contribution in [2.45, 2.75) is 19.1 Å². The van der Waals surface area contributed by atoms with E-state index in [0.717, 1.165) is 39.6 Å². The second-order valence-electron chi connectivity index (χ2n) is 8.93. The van der Waals surface area contributed by atoms with Crippen molar-refractivity contribution >= 4 is 22.6 Å². The predicted octanol–water partition coefficient (Wildman–Crippen LogP) is 7.83. The fourth-order valence-corrected chi connectivity index (χ4v) is 4.54. The van der Waals surface area contributed by atoms with Gasteiger partial charge in [-0.3, -0.25) is 9.78 Å². The van der Waals surface area contributed by atoms with Gasteiger partial charge in [0, 0.05) is 34.9 Å². The van der Waals surface area contributed by atoms with Crippen molar-refractivity contribution in [1.29, 1.82) is 0 Å². The summed E-state index contributed by atoms with van der Waals surface area (Å²) in [4.78, 5) is 15.2. The van der Waals surface area contributed by atoms with Crippen molar-refractivity contribution in [3.05, 3.63) is 120 Å². The van der Waals surface area contributed by atoms with Gasteiger partial charge in [-0.1, -0.05) is 78.9 Å². The summed E-state index contributed by atoms with van der Waals surface area (Å²) in [6, 6.07) is 28.5. The van der Waals surface area contributed by atoms with Crippen molar-refractivity contribution in [3.8, 4) is 22.3 Å². The first-order valence-electron chi connectivity index (χ1n) is 12.0. The van der Waals surface area contributed by atoms with Crippen LogP contribution in [0.1, 0.15) is 16.7 Å². The molecule has 0 bridgehead atoms. The van der Waals surface area contributed by atoms with E-state index in [1.807, 2.05) is 66.7 Å². The van der Waals surface area contributed by atoms with Crippen LogP contribution in [0.2, 0.25) is 0 Å². The molecule has 0 spiro atoms. The SMILES string of the molecule is O=C(O)Cc1ccc(CNc2cccc(-c3c(-c4ccccc4)cnc4c(C(F)(F)F)cccc34)c2)cc1. The van der Waals surface area contributed by atoms with E-state index < -0.39 is 17.7 Å². The first kappa shape index (κ1) is 25.0. The number of nitrogens with zero attached hydrogens (tertiary/aromatic N) is 1. The topological polar surface area (TPSA) is 62.2 Å². The van der Waals surface area contributed by atoms with Crippen LogP contribution in [0.25, 0.3) is 33.2 Å². The number of carboxylic acids is 1. The molecule has 190 valence electrons. The van der Waals surface area contributed by atoms with Crippen LogP contribution in [-0.4, -0.2) is 16.1 Å². The molecule has 4 nitrogen and oxygen atoms in total. The molecular weight excluding hydrogens is 489 g/mol. The molecular formula is C31H23F3N2O2. The average molecular weight is 513 g/mol. The maximum absolute atomic E-state index is 13.8. The lowest BCUT2D eigenvalue weighted by Crippen LogP contribution is -2.07. The Morgan fingerprint density at radius 1 is 0.816 bits per heavy atom. The zero-order valence-electron chi connectivity index (χ0n) is 20.2. The first-order valence-corrected chi connectivity index (χ1v) is 12.0. The van der Waals surface area contributed by atoms with Gasteiger partial charge in [-0.05, 0) is 40.5 Å². The van der Waals surface area contributed by atoms with Crippen LogP contribution < -0.4 is 5.32 Å². The third kappa shape index (κ3) is 5.37. The molecule has 5 rings (SSSR count). The summed E-state index contributed by atoms with van der Waals surface area (Å²) in [5.41, 5.74) is 4.67. The van der Waals surface area contributed by atoms with Gasteiger partial charge >= 0.3 is 12.1 Å². The van der Waals surface area contributed by atoms with Gasteiger partial charge in [0.15, 0.2) is 0 Å². The van der Waals surface area contributed by atoms with Crippen LogP contribution in [-0.2, 0) is 23.9 Å². The number of benzene rings is 4. The normalized spacial score (nSPS) is 11.4. The predicted molar refractivity (Wildman–Crippen MR) is 143 cm³/mol. The van der Waals surface area contributed by atoms with E-state index in [1.54, 1.807) is 18.2 Å². The van der Waals surface area contributed by atoms with E-state index in [1.165, 1.54) is 12.3 Å². The van der Waals surface area contributed by atoms with Crippen LogP contribution in [0.15, 0.2) is 103 Å². The minimum Gasteiger partial charge on any atom is -0.481 e. The molecule has 7 heteroatoms. The van der Waals surface area contributed by atoms with E-state index in [0.29, 0.717) is 17.5 Å². The van der Waals surface area contributed by atoms with E-state index in [9.17, 15) is 18.0 Å². The van der Waals surface area contributed by atoms with Gasteiger partial charge in [0.05, 0.1) is 17.5 Å². The van der Waals surface area contributed by atoms with Crippen molar-refractivity contribution in [2.75, 3.05) is 5.32 Å². The summed E-state index contributed by atoms with van der Waals surface area (Å²) in [5.74, 6) is -0.881. The number of nitrogens with one attached hydrogen (secondary N) is 1. The Balaban J connectivity index is 1.55.